The van der Waals surface area contributed by atoms with E-state index in [0.717, 1.165) is 31.2 Å². The van der Waals surface area contributed by atoms with Crippen LogP contribution in [0.2, 0.25) is 5.02 Å². The molecule has 80 heavy (non-hydrogen) atoms. The molecular weight excluding hydrogens is 1050 g/mol. The number of phenolic OH excluding ortho intramolecular Hbond substituents is 1. The zero-order valence-electron chi connectivity index (χ0n) is 45.1. The Balaban J connectivity index is 0.581. The van der Waals surface area contributed by atoms with Gasteiger partial charge in [0.15, 0.2) is 17.2 Å². The Morgan fingerprint density at radius 1 is 0.900 bits per heavy atom. The van der Waals surface area contributed by atoms with Gasteiger partial charge in [-0.1, -0.05) is 24.6 Å². The number of pyridine rings is 2. The van der Waals surface area contributed by atoms with Gasteiger partial charge in [-0.2, -0.15) is 0 Å². The van der Waals surface area contributed by atoms with Gasteiger partial charge < -0.3 is 58.3 Å². The van der Waals surface area contributed by atoms with Crippen molar-refractivity contribution < 1.29 is 57.8 Å². The average molecular weight is 1120 g/mol. The molecule has 0 unspecified atom stereocenters. The normalized spacial score (nSPS) is 18.7. The van der Waals surface area contributed by atoms with Gasteiger partial charge in [0.2, 0.25) is 17.5 Å². The highest BCUT2D eigenvalue weighted by molar-refractivity contribution is 6.33. The summed E-state index contributed by atoms with van der Waals surface area (Å²) in [6.45, 7) is 13.2. The molecule has 1 saturated heterocycles. The molecule has 0 spiro atoms. The molecule has 6 heterocycles. The lowest BCUT2D eigenvalue weighted by Crippen LogP contribution is -2.44. The molecule has 2 fully saturated rings. The molecule has 4 aliphatic rings. The molecule has 9 rings (SSSR count). The van der Waals surface area contributed by atoms with Crippen molar-refractivity contribution >= 4 is 57.6 Å². The van der Waals surface area contributed by atoms with Gasteiger partial charge in [0.1, 0.15) is 23.8 Å². The highest BCUT2D eigenvalue weighted by Gasteiger charge is 2.45. The van der Waals surface area contributed by atoms with E-state index in [0.29, 0.717) is 134 Å². The number of hydrogen-bond donors (Lipinski definition) is 3. The van der Waals surface area contributed by atoms with Crippen LogP contribution >= 0.6 is 11.6 Å². The van der Waals surface area contributed by atoms with E-state index in [4.69, 9.17) is 51.6 Å². The third kappa shape index (κ3) is 13.4. The van der Waals surface area contributed by atoms with E-state index in [2.05, 4.69) is 25.3 Å². The van der Waals surface area contributed by atoms with E-state index in [1.165, 1.54) is 11.0 Å². The number of esters is 1. The molecule has 3 aromatic heterocycles. The standard InChI is InChI=1S/C58H67ClN8O13/c1-4-58(74)44-32-49-54-38(33-67(49)56(72)43(44)35-79-57(58)73)30-41-42(50(68)13-11-46(41)62-54)34-65(3)53(70)17-21-75-23-25-77-27-28-78-26-24-76-22-18-61-55(71)37-15-19-66(20-16-37)52-14-12-48(63-64-52)51(69)29-36-5-7-39(8-6-36)80-40-9-10-47(60-2)45(59)31-40/h9-14,30-32,36-37,39,68,74H,4-8,15-29,33-35H2,1,3H3,(H,61,71)/t36?,39?,58-/m0/s1. The summed E-state index contributed by atoms with van der Waals surface area (Å²) in [5, 5.41) is 34.7. The fraction of sp³-hybridized carbons (Fsp3) is 0.500. The number of rotatable bonds is 25. The summed E-state index contributed by atoms with van der Waals surface area (Å²) in [6.07, 6.45) is 5.35. The van der Waals surface area contributed by atoms with Gasteiger partial charge in [0.05, 0.1) is 106 Å². The number of carbonyl (C=O) groups excluding carboxylic acids is 4. The van der Waals surface area contributed by atoms with Gasteiger partial charge >= 0.3 is 5.97 Å². The molecule has 5 aromatic rings. The van der Waals surface area contributed by atoms with Crippen molar-refractivity contribution in [3.63, 3.8) is 0 Å². The Bertz CT molecular complexity index is 3170. The van der Waals surface area contributed by atoms with Crippen molar-refractivity contribution in [2.75, 3.05) is 84.4 Å². The van der Waals surface area contributed by atoms with Gasteiger partial charge in [0.25, 0.3) is 5.56 Å². The molecule has 22 heteroatoms. The van der Waals surface area contributed by atoms with Crippen molar-refractivity contribution in [1.82, 2.24) is 30.0 Å². The summed E-state index contributed by atoms with van der Waals surface area (Å²) in [6, 6.07) is 15.4. The van der Waals surface area contributed by atoms with Gasteiger partial charge in [-0.25, -0.2) is 14.6 Å². The third-order valence-electron chi connectivity index (χ3n) is 15.5. The van der Waals surface area contributed by atoms with Crippen LogP contribution in [0.3, 0.4) is 0 Å². The molecule has 1 saturated carbocycles. The van der Waals surface area contributed by atoms with Crippen LogP contribution < -0.4 is 20.5 Å². The minimum atomic E-state index is -1.93. The summed E-state index contributed by atoms with van der Waals surface area (Å²) in [5.41, 5.74) is 1.71. The quantitative estimate of drug-likeness (QED) is 0.0242. The fourth-order valence-corrected chi connectivity index (χ4v) is 11.0. The number of halogens is 1. The van der Waals surface area contributed by atoms with Crippen LogP contribution in [-0.4, -0.2) is 144 Å². The van der Waals surface area contributed by atoms with Crippen molar-refractivity contribution in [3.8, 4) is 22.9 Å². The number of hydrogen-bond acceptors (Lipinski definition) is 17. The van der Waals surface area contributed by atoms with Gasteiger partial charge in [0, 0.05) is 67.6 Å². The third-order valence-corrected chi connectivity index (χ3v) is 15.8. The summed E-state index contributed by atoms with van der Waals surface area (Å²) < 4.78 is 35.3. The monoisotopic (exact) mass is 1120 g/mol. The summed E-state index contributed by atoms with van der Waals surface area (Å²) in [4.78, 5) is 77.1. The van der Waals surface area contributed by atoms with E-state index >= 15 is 0 Å². The second kappa shape index (κ2) is 26.5. The van der Waals surface area contributed by atoms with Crippen molar-refractivity contribution in [3.05, 3.63) is 109 Å². The zero-order valence-corrected chi connectivity index (χ0v) is 45.8. The minimum absolute atomic E-state index is 0.00120. The molecule has 3 N–H and O–H groups in total. The van der Waals surface area contributed by atoms with Crippen molar-refractivity contribution in [2.45, 2.75) is 96.1 Å². The lowest BCUT2D eigenvalue weighted by atomic mass is 9.84. The number of anilines is 1. The molecular formula is C58H67ClN8O13. The first-order valence-electron chi connectivity index (χ1n) is 27.3. The number of aromatic hydroxyl groups is 1. The number of aromatic nitrogens is 4. The lowest BCUT2D eigenvalue weighted by molar-refractivity contribution is -0.172. The molecule has 0 bridgehead atoms. The second-order valence-electron chi connectivity index (χ2n) is 20.6. The Kier molecular flexibility index (Phi) is 19.1. The smallest absolute Gasteiger partial charge is 0.343 e. The zero-order chi connectivity index (χ0) is 56.3. The van der Waals surface area contributed by atoms with E-state index in [1.807, 2.05) is 12.1 Å². The molecule has 21 nitrogen and oxygen atoms in total. The van der Waals surface area contributed by atoms with Crippen LogP contribution in [0.4, 0.5) is 11.5 Å². The van der Waals surface area contributed by atoms with Crippen LogP contribution in [0.15, 0.2) is 59.4 Å². The number of ketones is 1. The molecule has 424 valence electrons. The first kappa shape index (κ1) is 57.6. The van der Waals surface area contributed by atoms with Crippen molar-refractivity contribution in [1.29, 1.82) is 0 Å². The lowest BCUT2D eigenvalue weighted by Gasteiger charge is -2.31. The maximum absolute atomic E-state index is 13.6. The molecule has 1 atom stereocenters. The number of nitrogens with one attached hydrogen (secondary N) is 1. The minimum Gasteiger partial charge on any atom is -0.508 e. The van der Waals surface area contributed by atoms with E-state index in [1.54, 1.807) is 54.9 Å². The van der Waals surface area contributed by atoms with Crippen LogP contribution in [0.5, 0.6) is 11.5 Å². The number of ether oxygens (including phenoxy) is 6. The topological polar surface area (TPSA) is 248 Å². The van der Waals surface area contributed by atoms with Gasteiger partial charge in [-0.05, 0) is 99.4 Å². The highest BCUT2D eigenvalue weighted by Crippen LogP contribution is 2.40. The number of carbonyl (C=O) groups is 4. The predicted molar refractivity (Wildman–Crippen MR) is 294 cm³/mol. The number of benzene rings is 2. The maximum atomic E-state index is 13.6. The average Bonchev–Trinajstić information content (AvgIpc) is 4.07. The summed E-state index contributed by atoms with van der Waals surface area (Å²) in [7, 11) is 1.65. The predicted octanol–water partition coefficient (Wildman–Crippen LogP) is 6.44. The Labute approximate surface area is 468 Å². The number of cyclic esters (lactones) is 1. The van der Waals surface area contributed by atoms with Crippen LogP contribution in [0, 0.1) is 18.4 Å². The number of piperidine rings is 1. The number of aliphatic hydroxyl groups is 1. The molecule has 0 radical (unpaired) electrons. The summed E-state index contributed by atoms with van der Waals surface area (Å²) in [5.74, 6) is 0.468. The number of nitrogens with zero attached hydrogens (tertiary/aromatic N) is 7. The SMILES string of the molecule is [C-]#[N+]c1ccc(OC2CCC(CC(=O)c3ccc(N4CCC(C(=O)NCCOCCOCCOCCOCCC(=O)N(C)Cc5c(O)ccc6nc7c(cc56)Cn5c-7cc6c(c5=O)COC(=O)[C@]6(O)CC)CC4)nn3)CC2)cc1Cl. The number of phenols is 1. The van der Waals surface area contributed by atoms with E-state index < -0.39 is 11.6 Å². The Morgan fingerprint density at radius 3 is 2.29 bits per heavy atom. The first-order chi connectivity index (χ1) is 38.7. The van der Waals surface area contributed by atoms with Crippen LogP contribution in [0.25, 0.3) is 27.1 Å². The number of fused-ring (bicyclic) bond motifs is 5. The Hall–Kier alpha value is -7.06. The van der Waals surface area contributed by atoms with E-state index in [9.17, 15) is 34.2 Å². The van der Waals surface area contributed by atoms with E-state index in [-0.39, 0.29) is 104 Å². The molecule has 3 aliphatic heterocycles. The summed E-state index contributed by atoms with van der Waals surface area (Å²) >= 11 is 6.16. The van der Waals surface area contributed by atoms with Crippen molar-refractivity contribution in [2.24, 2.45) is 11.8 Å². The number of Topliss-reactive ketones (excluding diaryl/α,β-unsaturated/α-hetero) is 1. The Morgan fingerprint density at radius 2 is 1.61 bits per heavy atom. The van der Waals surface area contributed by atoms with Gasteiger partial charge in [-0.3, -0.25) is 19.2 Å². The van der Waals surface area contributed by atoms with Crippen LogP contribution in [-0.2, 0) is 63.4 Å². The second-order valence-corrected chi connectivity index (χ2v) is 21.0. The molecule has 2 amide bonds. The molecule has 1 aliphatic carbocycles. The first-order valence-corrected chi connectivity index (χ1v) is 27.7. The maximum Gasteiger partial charge on any atom is 0.343 e. The fourth-order valence-electron chi connectivity index (χ4n) is 10.8. The molecule has 2 aromatic carbocycles. The highest BCUT2D eigenvalue weighted by atomic mass is 35.5. The van der Waals surface area contributed by atoms with Crippen LogP contribution in [0.1, 0.15) is 97.5 Å². The number of amides is 2. The van der Waals surface area contributed by atoms with Gasteiger partial charge in [-0.15, -0.1) is 10.2 Å². The largest absolute Gasteiger partial charge is 0.508 e.